The lowest BCUT2D eigenvalue weighted by Gasteiger charge is -2.33. The normalized spacial score (nSPS) is 19.9. The number of carboxylic acid groups (broad SMARTS) is 1. The minimum atomic E-state index is -0.889. The Morgan fingerprint density at radius 3 is 3.06 bits per heavy atom. The third-order valence-electron chi connectivity index (χ3n) is 3.10. The smallest absolute Gasteiger partial charge is 0.335 e. The fraction of sp³-hybridized carbons (Fsp3) is 0.538. The highest BCUT2D eigenvalue weighted by molar-refractivity contribution is 8.00. The van der Waals surface area contributed by atoms with Gasteiger partial charge in [0.05, 0.1) is 5.56 Å². The lowest BCUT2D eigenvalue weighted by molar-refractivity contribution is 0.0696. The number of aromatic carboxylic acids is 1. The van der Waals surface area contributed by atoms with Crippen molar-refractivity contribution in [1.82, 2.24) is 4.98 Å². The molecular weight excluding hydrogens is 248 g/mol. The number of hydrogen-bond acceptors (Lipinski definition) is 4. The average Bonchev–Trinajstić information content (AvgIpc) is 2.38. The van der Waals surface area contributed by atoms with Gasteiger partial charge in [-0.05, 0) is 25.5 Å². The maximum atomic E-state index is 11.1. The standard InChI is InChI=1S/C13H18N2O2S/c1-3-11-8-15(4-5-18-11)12-7-10(13(16)17)6-9(2)14-12/h6-7,11H,3-5,8H2,1-2H3,(H,16,17). The number of pyridine rings is 1. The molecule has 2 rings (SSSR count). The molecule has 0 aliphatic carbocycles. The Hall–Kier alpha value is -1.23. The topological polar surface area (TPSA) is 53.4 Å². The highest BCUT2D eigenvalue weighted by Gasteiger charge is 2.21. The summed E-state index contributed by atoms with van der Waals surface area (Å²) in [6.45, 7) is 5.92. The van der Waals surface area contributed by atoms with E-state index in [1.54, 1.807) is 12.1 Å². The second kappa shape index (κ2) is 5.61. The van der Waals surface area contributed by atoms with Gasteiger partial charge in [0.2, 0.25) is 0 Å². The number of carbonyl (C=O) groups is 1. The quantitative estimate of drug-likeness (QED) is 0.910. The van der Waals surface area contributed by atoms with Crippen LogP contribution < -0.4 is 4.90 Å². The highest BCUT2D eigenvalue weighted by Crippen LogP contribution is 2.25. The van der Waals surface area contributed by atoms with E-state index in [1.807, 2.05) is 18.7 Å². The molecule has 4 nitrogen and oxygen atoms in total. The Labute approximate surface area is 111 Å². The number of anilines is 1. The van der Waals surface area contributed by atoms with Crippen LogP contribution in [0, 0.1) is 6.92 Å². The highest BCUT2D eigenvalue weighted by atomic mass is 32.2. The van der Waals surface area contributed by atoms with E-state index in [9.17, 15) is 4.79 Å². The molecule has 98 valence electrons. The van der Waals surface area contributed by atoms with E-state index < -0.39 is 5.97 Å². The van der Waals surface area contributed by atoms with Crippen LogP contribution in [-0.4, -0.2) is 40.2 Å². The van der Waals surface area contributed by atoms with E-state index >= 15 is 0 Å². The number of hydrogen-bond donors (Lipinski definition) is 1. The second-order valence-electron chi connectivity index (χ2n) is 4.51. The lowest BCUT2D eigenvalue weighted by atomic mass is 10.2. The molecule has 0 amide bonds. The summed E-state index contributed by atoms with van der Waals surface area (Å²) in [5.74, 6) is 0.989. The Balaban J connectivity index is 2.24. The number of thioether (sulfide) groups is 1. The Morgan fingerprint density at radius 2 is 2.39 bits per heavy atom. The minimum absolute atomic E-state index is 0.323. The zero-order valence-corrected chi connectivity index (χ0v) is 11.5. The first kappa shape index (κ1) is 13.2. The second-order valence-corrected chi connectivity index (χ2v) is 5.92. The van der Waals surface area contributed by atoms with Gasteiger partial charge >= 0.3 is 5.97 Å². The first-order chi connectivity index (χ1) is 8.60. The van der Waals surface area contributed by atoms with Gasteiger partial charge in [0.25, 0.3) is 0 Å². The third-order valence-corrected chi connectivity index (χ3v) is 4.48. The van der Waals surface area contributed by atoms with E-state index in [4.69, 9.17) is 5.11 Å². The van der Waals surface area contributed by atoms with Crippen LogP contribution in [-0.2, 0) is 0 Å². The molecule has 0 spiro atoms. The van der Waals surface area contributed by atoms with Gasteiger partial charge in [-0.2, -0.15) is 11.8 Å². The summed E-state index contributed by atoms with van der Waals surface area (Å²) >= 11 is 1.99. The van der Waals surface area contributed by atoms with Crippen LogP contribution in [0.15, 0.2) is 12.1 Å². The summed E-state index contributed by atoms with van der Waals surface area (Å²) in [4.78, 5) is 17.7. The number of aromatic nitrogens is 1. The van der Waals surface area contributed by atoms with Crippen molar-refractivity contribution in [2.45, 2.75) is 25.5 Å². The van der Waals surface area contributed by atoms with Gasteiger partial charge in [-0.3, -0.25) is 0 Å². The SMILES string of the molecule is CCC1CN(c2cc(C(=O)O)cc(C)n2)CCS1. The van der Waals surface area contributed by atoms with E-state index in [0.717, 1.165) is 36.8 Å². The van der Waals surface area contributed by atoms with Crippen LogP contribution in [0.25, 0.3) is 0 Å². The maximum absolute atomic E-state index is 11.1. The maximum Gasteiger partial charge on any atom is 0.335 e. The molecule has 0 bridgehead atoms. The van der Waals surface area contributed by atoms with Gasteiger partial charge in [0.1, 0.15) is 5.82 Å². The summed E-state index contributed by atoms with van der Waals surface area (Å²) in [5.41, 5.74) is 1.08. The number of rotatable bonds is 3. The van der Waals surface area contributed by atoms with Crippen LogP contribution in [0.4, 0.5) is 5.82 Å². The molecule has 1 fully saturated rings. The molecule has 1 aliphatic heterocycles. The van der Waals surface area contributed by atoms with Crippen molar-refractivity contribution >= 4 is 23.5 Å². The number of aryl methyl sites for hydroxylation is 1. The fourth-order valence-corrected chi connectivity index (χ4v) is 3.29. The van der Waals surface area contributed by atoms with Crippen molar-refractivity contribution in [3.05, 3.63) is 23.4 Å². The zero-order chi connectivity index (χ0) is 13.1. The van der Waals surface area contributed by atoms with E-state index in [0.29, 0.717) is 10.8 Å². The molecule has 0 aromatic carbocycles. The monoisotopic (exact) mass is 266 g/mol. The van der Waals surface area contributed by atoms with E-state index in [1.165, 1.54) is 0 Å². The summed E-state index contributed by atoms with van der Waals surface area (Å²) in [6, 6.07) is 3.29. The minimum Gasteiger partial charge on any atom is -0.478 e. The van der Waals surface area contributed by atoms with Crippen molar-refractivity contribution in [1.29, 1.82) is 0 Å². The molecule has 1 aliphatic rings. The number of carboxylic acids is 1. The molecule has 0 saturated carbocycles. The Kier molecular flexibility index (Phi) is 4.11. The third kappa shape index (κ3) is 2.96. The summed E-state index contributed by atoms with van der Waals surface area (Å²) < 4.78 is 0. The molecule has 1 aromatic heterocycles. The molecule has 5 heteroatoms. The van der Waals surface area contributed by atoms with E-state index in [2.05, 4.69) is 16.8 Å². The van der Waals surface area contributed by atoms with Gasteiger partial charge < -0.3 is 10.0 Å². The van der Waals surface area contributed by atoms with Crippen LogP contribution in [0.3, 0.4) is 0 Å². The van der Waals surface area contributed by atoms with Gasteiger partial charge in [-0.1, -0.05) is 6.92 Å². The summed E-state index contributed by atoms with van der Waals surface area (Å²) in [6.07, 6.45) is 1.14. The van der Waals surface area contributed by atoms with Gasteiger partial charge in [0, 0.05) is 29.8 Å². The predicted octanol–water partition coefficient (Wildman–Crippen LogP) is 2.42. The van der Waals surface area contributed by atoms with Gasteiger partial charge in [0.15, 0.2) is 0 Å². The molecule has 1 N–H and O–H groups in total. The predicted molar refractivity (Wildman–Crippen MR) is 74.7 cm³/mol. The molecule has 18 heavy (non-hydrogen) atoms. The first-order valence-electron chi connectivity index (χ1n) is 6.18. The van der Waals surface area contributed by atoms with Crippen LogP contribution in [0.2, 0.25) is 0 Å². The van der Waals surface area contributed by atoms with Crippen molar-refractivity contribution in [2.24, 2.45) is 0 Å². The largest absolute Gasteiger partial charge is 0.478 e. The van der Waals surface area contributed by atoms with Crippen LogP contribution >= 0.6 is 11.8 Å². The van der Waals surface area contributed by atoms with Crippen molar-refractivity contribution in [2.75, 3.05) is 23.7 Å². The number of nitrogens with zero attached hydrogens (tertiary/aromatic N) is 2. The van der Waals surface area contributed by atoms with E-state index in [-0.39, 0.29) is 0 Å². The summed E-state index contributed by atoms with van der Waals surface area (Å²) in [5, 5.41) is 9.70. The first-order valence-corrected chi connectivity index (χ1v) is 7.23. The summed E-state index contributed by atoms with van der Waals surface area (Å²) in [7, 11) is 0. The van der Waals surface area contributed by atoms with Crippen molar-refractivity contribution in [3.63, 3.8) is 0 Å². The molecular formula is C13H18N2O2S. The molecule has 0 radical (unpaired) electrons. The molecule has 2 heterocycles. The fourth-order valence-electron chi connectivity index (χ4n) is 2.11. The molecule has 1 aromatic rings. The molecule has 1 unspecified atom stereocenters. The Morgan fingerprint density at radius 1 is 1.61 bits per heavy atom. The van der Waals surface area contributed by atoms with Crippen molar-refractivity contribution < 1.29 is 9.90 Å². The van der Waals surface area contributed by atoms with Gasteiger partial charge in [-0.15, -0.1) is 0 Å². The zero-order valence-electron chi connectivity index (χ0n) is 10.7. The molecule has 1 saturated heterocycles. The molecule has 1 atom stereocenters. The van der Waals surface area contributed by atoms with Crippen molar-refractivity contribution in [3.8, 4) is 0 Å². The average molecular weight is 266 g/mol. The Bertz CT molecular complexity index is 451. The van der Waals surface area contributed by atoms with Crippen LogP contribution in [0.1, 0.15) is 29.4 Å². The lowest BCUT2D eigenvalue weighted by Crippen LogP contribution is -2.38. The van der Waals surface area contributed by atoms with Gasteiger partial charge in [-0.25, -0.2) is 9.78 Å². The van der Waals surface area contributed by atoms with Crippen LogP contribution in [0.5, 0.6) is 0 Å².